The zero-order valence-electron chi connectivity index (χ0n) is 13.1. The molecule has 7 heteroatoms. The van der Waals surface area contributed by atoms with E-state index in [9.17, 15) is 0 Å². The number of hydrogen-bond donors (Lipinski definition) is 2. The lowest BCUT2D eigenvalue weighted by Crippen LogP contribution is -2.44. The number of nitrogens with one attached hydrogen (secondary N) is 2. The summed E-state index contributed by atoms with van der Waals surface area (Å²) in [7, 11) is 1.77. The number of nitrogens with zero attached hydrogens (tertiary/aromatic N) is 2. The maximum Gasteiger partial charge on any atom is 0.232 e. The second-order valence-corrected chi connectivity index (χ2v) is 7.48. The van der Waals surface area contributed by atoms with Crippen molar-refractivity contribution in [2.75, 3.05) is 32.5 Å². The second-order valence-electron chi connectivity index (χ2n) is 5.39. The smallest absolute Gasteiger partial charge is 0.232 e. The molecule has 0 aromatic carbocycles. The number of hydrogen-bond acceptors (Lipinski definition) is 4. The Bertz CT molecular complexity index is 506. The van der Waals surface area contributed by atoms with Gasteiger partial charge in [-0.2, -0.15) is 11.8 Å². The largest absolute Gasteiger partial charge is 0.475 e. The third-order valence-electron chi connectivity index (χ3n) is 3.51. The number of pyridine rings is 1. The van der Waals surface area contributed by atoms with Crippen molar-refractivity contribution in [2.24, 2.45) is 4.99 Å². The van der Waals surface area contributed by atoms with Crippen molar-refractivity contribution in [2.45, 2.75) is 24.5 Å². The average molecular weight is 343 g/mol. The Kier molecular flexibility index (Phi) is 6.64. The third kappa shape index (κ3) is 5.25. The van der Waals surface area contributed by atoms with Crippen LogP contribution in [0.3, 0.4) is 0 Å². The van der Waals surface area contributed by atoms with Crippen LogP contribution in [0.4, 0.5) is 0 Å². The first-order valence-corrected chi connectivity index (χ1v) is 8.81. The van der Waals surface area contributed by atoms with Gasteiger partial charge in [0.15, 0.2) is 5.96 Å². The molecule has 1 unspecified atom stereocenters. The molecule has 2 rings (SSSR count). The van der Waals surface area contributed by atoms with Crippen LogP contribution in [-0.2, 0) is 0 Å². The summed E-state index contributed by atoms with van der Waals surface area (Å²) in [5.41, 5.74) is 0. The standard InChI is InChI=1S/C15H23ClN4OS/c1-15(6-4-10-22-15)11-20-14(17-2)19-8-9-21-13-12(16)5-3-7-18-13/h3,5,7H,4,6,8-11H2,1-2H3,(H2,17,19,20). The molecular weight excluding hydrogens is 320 g/mol. The molecule has 0 saturated carbocycles. The average Bonchev–Trinajstić information content (AvgIpc) is 2.95. The summed E-state index contributed by atoms with van der Waals surface area (Å²) < 4.78 is 5.85. The Labute approximate surface area is 141 Å². The SMILES string of the molecule is CN=C(NCCOc1ncccc1Cl)NCC1(C)CCCS1. The monoisotopic (exact) mass is 342 g/mol. The Hall–Kier alpha value is -1.14. The van der Waals surface area contributed by atoms with Gasteiger partial charge in [0.05, 0.1) is 6.54 Å². The van der Waals surface area contributed by atoms with Gasteiger partial charge in [-0.15, -0.1) is 0 Å². The topological polar surface area (TPSA) is 58.5 Å². The predicted molar refractivity (Wildman–Crippen MR) is 94.2 cm³/mol. The molecule has 1 saturated heterocycles. The van der Waals surface area contributed by atoms with Crippen LogP contribution in [0.25, 0.3) is 0 Å². The highest BCUT2D eigenvalue weighted by atomic mass is 35.5. The van der Waals surface area contributed by atoms with Gasteiger partial charge in [-0.05, 0) is 37.7 Å². The van der Waals surface area contributed by atoms with Crippen LogP contribution in [0.1, 0.15) is 19.8 Å². The van der Waals surface area contributed by atoms with Gasteiger partial charge in [0.25, 0.3) is 0 Å². The number of aliphatic imine (C=N–C) groups is 1. The molecule has 0 aliphatic carbocycles. The predicted octanol–water partition coefficient (Wildman–Crippen LogP) is 2.56. The van der Waals surface area contributed by atoms with Crippen molar-refractivity contribution < 1.29 is 4.74 Å². The van der Waals surface area contributed by atoms with Gasteiger partial charge in [-0.25, -0.2) is 4.98 Å². The van der Waals surface area contributed by atoms with Gasteiger partial charge in [-0.1, -0.05) is 11.6 Å². The van der Waals surface area contributed by atoms with Crippen molar-refractivity contribution in [3.05, 3.63) is 23.4 Å². The Morgan fingerprint density at radius 3 is 3.09 bits per heavy atom. The number of halogens is 1. The molecule has 0 spiro atoms. The number of ether oxygens (including phenoxy) is 1. The second kappa shape index (κ2) is 8.48. The van der Waals surface area contributed by atoms with E-state index < -0.39 is 0 Å². The van der Waals surface area contributed by atoms with Gasteiger partial charge < -0.3 is 15.4 Å². The lowest BCUT2D eigenvalue weighted by molar-refractivity contribution is 0.310. The minimum atomic E-state index is 0.315. The van der Waals surface area contributed by atoms with Gasteiger partial charge in [0, 0.05) is 24.5 Å². The normalized spacial score (nSPS) is 21.7. The summed E-state index contributed by atoms with van der Waals surface area (Å²) in [4.78, 5) is 8.31. The van der Waals surface area contributed by atoms with E-state index in [0.29, 0.717) is 28.8 Å². The van der Waals surface area contributed by atoms with Gasteiger partial charge in [-0.3, -0.25) is 4.99 Å². The Balaban J connectivity index is 1.67. The van der Waals surface area contributed by atoms with Gasteiger partial charge in [0.1, 0.15) is 11.6 Å². The van der Waals surface area contributed by atoms with E-state index >= 15 is 0 Å². The molecule has 2 heterocycles. The molecule has 1 aliphatic rings. The first-order chi connectivity index (χ1) is 10.6. The highest BCUT2D eigenvalue weighted by Crippen LogP contribution is 2.36. The minimum absolute atomic E-state index is 0.315. The number of aromatic nitrogens is 1. The van der Waals surface area contributed by atoms with Crippen LogP contribution in [0.15, 0.2) is 23.3 Å². The van der Waals surface area contributed by atoms with Crippen LogP contribution >= 0.6 is 23.4 Å². The quantitative estimate of drug-likeness (QED) is 0.472. The van der Waals surface area contributed by atoms with E-state index in [1.54, 1.807) is 25.4 Å². The van der Waals surface area contributed by atoms with Crippen molar-refractivity contribution in [1.29, 1.82) is 0 Å². The molecule has 1 aromatic rings. The molecular formula is C15H23ClN4OS. The molecule has 122 valence electrons. The molecule has 1 fully saturated rings. The minimum Gasteiger partial charge on any atom is -0.475 e. The fraction of sp³-hybridized carbons (Fsp3) is 0.600. The Morgan fingerprint density at radius 2 is 2.41 bits per heavy atom. The maximum absolute atomic E-state index is 5.98. The Morgan fingerprint density at radius 1 is 1.55 bits per heavy atom. The van der Waals surface area contributed by atoms with Crippen molar-refractivity contribution in [3.63, 3.8) is 0 Å². The molecule has 5 nitrogen and oxygen atoms in total. The van der Waals surface area contributed by atoms with E-state index in [-0.39, 0.29) is 0 Å². The molecule has 0 amide bonds. The number of thioether (sulfide) groups is 1. The van der Waals surface area contributed by atoms with Gasteiger partial charge >= 0.3 is 0 Å². The number of rotatable bonds is 6. The number of guanidine groups is 1. The van der Waals surface area contributed by atoms with E-state index in [0.717, 1.165) is 12.5 Å². The lowest BCUT2D eigenvalue weighted by Gasteiger charge is -2.24. The first-order valence-electron chi connectivity index (χ1n) is 7.45. The molecule has 1 aliphatic heterocycles. The summed E-state index contributed by atoms with van der Waals surface area (Å²) in [5, 5.41) is 7.14. The van der Waals surface area contributed by atoms with E-state index in [4.69, 9.17) is 16.3 Å². The summed E-state index contributed by atoms with van der Waals surface area (Å²) in [5.74, 6) is 2.51. The highest BCUT2D eigenvalue weighted by molar-refractivity contribution is 8.00. The summed E-state index contributed by atoms with van der Waals surface area (Å²) in [6.45, 7) is 4.33. The fourth-order valence-corrected chi connectivity index (χ4v) is 3.68. The first kappa shape index (κ1) is 17.2. The van der Waals surface area contributed by atoms with Crippen LogP contribution in [0, 0.1) is 0 Å². The van der Waals surface area contributed by atoms with Gasteiger partial charge in [0.2, 0.25) is 5.88 Å². The summed E-state index contributed by atoms with van der Waals surface area (Å²) >= 11 is 8.02. The summed E-state index contributed by atoms with van der Waals surface area (Å²) in [6.07, 6.45) is 4.21. The lowest BCUT2D eigenvalue weighted by atomic mass is 10.1. The van der Waals surface area contributed by atoms with Crippen LogP contribution in [0.5, 0.6) is 5.88 Å². The maximum atomic E-state index is 5.98. The molecule has 22 heavy (non-hydrogen) atoms. The van der Waals surface area contributed by atoms with Crippen molar-refractivity contribution >= 4 is 29.3 Å². The van der Waals surface area contributed by atoms with Crippen LogP contribution in [-0.4, -0.2) is 48.2 Å². The zero-order valence-corrected chi connectivity index (χ0v) is 14.6. The van der Waals surface area contributed by atoms with Crippen molar-refractivity contribution in [3.8, 4) is 5.88 Å². The van der Waals surface area contributed by atoms with Crippen molar-refractivity contribution in [1.82, 2.24) is 15.6 Å². The molecule has 1 aromatic heterocycles. The van der Waals surface area contributed by atoms with E-state index in [1.807, 2.05) is 11.8 Å². The molecule has 0 radical (unpaired) electrons. The third-order valence-corrected chi connectivity index (χ3v) is 5.34. The highest BCUT2D eigenvalue weighted by Gasteiger charge is 2.29. The summed E-state index contributed by atoms with van der Waals surface area (Å²) in [6, 6.07) is 3.54. The van der Waals surface area contributed by atoms with E-state index in [1.165, 1.54) is 18.6 Å². The van der Waals surface area contributed by atoms with E-state index in [2.05, 4.69) is 27.5 Å². The molecule has 1 atom stereocenters. The van der Waals surface area contributed by atoms with Crippen LogP contribution in [0.2, 0.25) is 5.02 Å². The molecule has 0 bridgehead atoms. The fourth-order valence-electron chi connectivity index (χ4n) is 2.26. The molecule has 2 N–H and O–H groups in total. The van der Waals surface area contributed by atoms with Crippen LogP contribution < -0.4 is 15.4 Å². The zero-order chi connectivity index (χ0) is 15.8.